The summed E-state index contributed by atoms with van der Waals surface area (Å²) in [5, 5.41) is 11.7. The second kappa shape index (κ2) is 6.86. The first-order chi connectivity index (χ1) is 6.04. The van der Waals surface area contributed by atoms with Crippen molar-refractivity contribution in [2.24, 2.45) is 0 Å². The monoisotopic (exact) mass is 189 g/mol. The Labute approximate surface area is 79.3 Å². The molecule has 4 nitrogen and oxygen atoms in total. The lowest BCUT2D eigenvalue weighted by Gasteiger charge is -2.10. The average Bonchev–Trinajstić information content (AvgIpc) is 2.02. The van der Waals surface area contributed by atoms with E-state index in [-0.39, 0.29) is 0 Å². The Kier molecular flexibility index (Phi) is 6.54. The lowest BCUT2D eigenvalue weighted by molar-refractivity contribution is -0.149. The highest BCUT2D eigenvalue weighted by Gasteiger charge is 2.09. The zero-order valence-electron chi connectivity index (χ0n) is 8.54. The molecular weight excluding hydrogens is 170 g/mol. The first kappa shape index (κ1) is 12.4. The van der Waals surface area contributed by atoms with Crippen LogP contribution in [-0.2, 0) is 9.53 Å². The van der Waals surface area contributed by atoms with Crippen LogP contribution in [0.4, 0.5) is 0 Å². The van der Waals surface area contributed by atoms with Gasteiger partial charge in [-0.25, -0.2) is 4.79 Å². The Hall–Kier alpha value is -0.610. The molecule has 2 N–H and O–H groups in total. The Bertz CT molecular complexity index is 148. The second-order valence-electron chi connectivity index (χ2n) is 3.31. The summed E-state index contributed by atoms with van der Waals surface area (Å²) in [4.78, 5) is 10.3. The second-order valence-corrected chi connectivity index (χ2v) is 3.31. The van der Waals surface area contributed by atoms with Crippen molar-refractivity contribution in [2.45, 2.75) is 39.3 Å². The number of hydrogen-bond acceptors (Lipinski definition) is 3. The molecule has 0 heterocycles. The molecule has 0 aliphatic heterocycles. The maximum atomic E-state index is 10.3. The maximum Gasteiger partial charge on any atom is 0.332 e. The summed E-state index contributed by atoms with van der Waals surface area (Å²) in [7, 11) is 0. The minimum atomic E-state index is -0.906. The van der Waals surface area contributed by atoms with Crippen molar-refractivity contribution in [3.05, 3.63) is 0 Å². The molecule has 4 heteroatoms. The van der Waals surface area contributed by atoms with Crippen molar-refractivity contribution in [1.29, 1.82) is 0 Å². The zero-order chi connectivity index (χ0) is 10.3. The van der Waals surface area contributed by atoms with Gasteiger partial charge in [-0.15, -0.1) is 0 Å². The van der Waals surface area contributed by atoms with Gasteiger partial charge in [-0.05, 0) is 19.9 Å². The topological polar surface area (TPSA) is 58.6 Å². The molecule has 1 unspecified atom stereocenters. The van der Waals surface area contributed by atoms with Gasteiger partial charge in [-0.2, -0.15) is 0 Å². The van der Waals surface area contributed by atoms with Crippen LogP contribution in [0.3, 0.4) is 0 Å². The average molecular weight is 189 g/mol. The van der Waals surface area contributed by atoms with Crippen molar-refractivity contribution >= 4 is 5.97 Å². The predicted molar refractivity (Wildman–Crippen MR) is 50.8 cm³/mol. The largest absolute Gasteiger partial charge is 0.479 e. The number of carbonyl (C=O) groups is 1. The molecule has 0 amide bonds. The molecule has 0 rings (SSSR count). The van der Waals surface area contributed by atoms with Crippen molar-refractivity contribution < 1.29 is 14.6 Å². The van der Waals surface area contributed by atoms with Crippen molar-refractivity contribution in [1.82, 2.24) is 5.32 Å². The molecule has 0 aliphatic rings. The van der Waals surface area contributed by atoms with Gasteiger partial charge in [-0.1, -0.05) is 13.8 Å². The molecule has 0 saturated heterocycles. The minimum absolute atomic E-state index is 0.469. The Balaban J connectivity index is 3.21. The fraction of sp³-hybridized carbons (Fsp3) is 0.889. The van der Waals surface area contributed by atoms with E-state index in [0.29, 0.717) is 12.6 Å². The highest BCUT2D eigenvalue weighted by atomic mass is 16.5. The fourth-order valence-electron chi connectivity index (χ4n) is 0.794. The molecule has 1 atom stereocenters. The maximum absolute atomic E-state index is 10.3. The van der Waals surface area contributed by atoms with Crippen LogP contribution in [0, 0.1) is 0 Å². The summed E-state index contributed by atoms with van der Waals surface area (Å²) in [6, 6.07) is 0.469. The summed E-state index contributed by atoms with van der Waals surface area (Å²) in [6.45, 7) is 7.04. The van der Waals surface area contributed by atoms with Crippen LogP contribution in [0.5, 0.6) is 0 Å². The molecule has 0 aromatic heterocycles. The van der Waals surface area contributed by atoms with Crippen molar-refractivity contribution in [3.8, 4) is 0 Å². The fourth-order valence-corrected chi connectivity index (χ4v) is 0.794. The van der Waals surface area contributed by atoms with Crippen molar-refractivity contribution in [3.63, 3.8) is 0 Å². The van der Waals surface area contributed by atoms with Gasteiger partial charge in [0.15, 0.2) is 6.10 Å². The van der Waals surface area contributed by atoms with E-state index in [0.717, 1.165) is 13.0 Å². The summed E-state index contributed by atoms with van der Waals surface area (Å²) in [5.74, 6) is -0.906. The molecular formula is C9H19NO3. The van der Waals surface area contributed by atoms with Crippen LogP contribution in [0.25, 0.3) is 0 Å². The zero-order valence-corrected chi connectivity index (χ0v) is 8.54. The number of ether oxygens (including phenoxy) is 1. The van der Waals surface area contributed by atoms with Gasteiger partial charge >= 0.3 is 5.97 Å². The highest BCUT2D eigenvalue weighted by Crippen LogP contribution is 1.92. The van der Waals surface area contributed by atoms with Crippen molar-refractivity contribution in [2.75, 3.05) is 13.2 Å². The molecule has 0 fully saturated rings. The van der Waals surface area contributed by atoms with Crippen LogP contribution < -0.4 is 5.32 Å². The third-order valence-electron chi connectivity index (χ3n) is 1.59. The quantitative estimate of drug-likeness (QED) is 0.583. The van der Waals surface area contributed by atoms with Crippen LogP contribution in [-0.4, -0.2) is 36.4 Å². The lowest BCUT2D eigenvalue weighted by Crippen LogP contribution is -2.26. The molecule has 0 aromatic rings. The Morgan fingerprint density at radius 3 is 2.54 bits per heavy atom. The molecule has 78 valence electrons. The van der Waals surface area contributed by atoms with Gasteiger partial charge in [-0.3, -0.25) is 0 Å². The van der Waals surface area contributed by atoms with E-state index in [2.05, 4.69) is 19.2 Å². The number of carboxylic acid groups (broad SMARTS) is 1. The van der Waals surface area contributed by atoms with E-state index in [1.807, 2.05) is 0 Å². The predicted octanol–water partition coefficient (Wildman–Crippen LogP) is 0.864. The van der Waals surface area contributed by atoms with E-state index in [9.17, 15) is 4.79 Å². The van der Waals surface area contributed by atoms with E-state index in [4.69, 9.17) is 9.84 Å². The first-order valence-electron chi connectivity index (χ1n) is 4.62. The normalized spacial score (nSPS) is 13.2. The lowest BCUT2D eigenvalue weighted by atomic mass is 10.3. The standard InChI is InChI=1S/C9H19NO3/c1-7(2)10-5-4-6-13-8(3)9(11)12/h7-8,10H,4-6H2,1-3H3,(H,11,12). The van der Waals surface area contributed by atoms with Gasteiger partial charge in [0.05, 0.1) is 0 Å². The number of nitrogens with one attached hydrogen (secondary N) is 1. The summed E-state index contributed by atoms with van der Waals surface area (Å²) in [5.41, 5.74) is 0. The first-order valence-corrected chi connectivity index (χ1v) is 4.62. The van der Waals surface area contributed by atoms with E-state index in [1.165, 1.54) is 6.92 Å². The number of hydrogen-bond donors (Lipinski definition) is 2. The van der Waals surface area contributed by atoms with Crippen LogP contribution in [0.15, 0.2) is 0 Å². The molecule has 0 bridgehead atoms. The molecule has 0 aromatic carbocycles. The van der Waals surface area contributed by atoms with Gasteiger partial charge < -0.3 is 15.2 Å². The SMILES string of the molecule is CC(C)NCCCOC(C)C(=O)O. The van der Waals surface area contributed by atoms with Gasteiger partial charge in [0.1, 0.15) is 0 Å². The summed E-state index contributed by atoms with van der Waals surface area (Å²) >= 11 is 0. The van der Waals surface area contributed by atoms with E-state index >= 15 is 0 Å². The highest BCUT2D eigenvalue weighted by molar-refractivity contribution is 5.71. The molecule has 13 heavy (non-hydrogen) atoms. The summed E-state index contributed by atoms with van der Waals surface area (Å²) in [6.07, 6.45) is 0.148. The summed E-state index contributed by atoms with van der Waals surface area (Å²) < 4.78 is 5.05. The van der Waals surface area contributed by atoms with E-state index < -0.39 is 12.1 Å². The number of aliphatic carboxylic acids is 1. The molecule has 0 aliphatic carbocycles. The number of carboxylic acids is 1. The van der Waals surface area contributed by atoms with Gasteiger partial charge in [0, 0.05) is 12.6 Å². The van der Waals surface area contributed by atoms with E-state index in [1.54, 1.807) is 0 Å². The smallest absolute Gasteiger partial charge is 0.332 e. The molecule has 0 saturated carbocycles. The van der Waals surface area contributed by atoms with Gasteiger partial charge in [0.2, 0.25) is 0 Å². The number of rotatable bonds is 7. The van der Waals surface area contributed by atoms with Crippen LogP contribution >= 0.6 is 0 Å². The van der Waals surface area contributed by atoms with Crippen LogP contribution in [0.1, 0.15) is 27.2 Å². The third-order valence-corrected chi connectivity index (χ3v) is 1.59. The third kappa shape index (κ3) is 7.74. The van der Waals surface area contributed by atoms with Crippen LogP contribution in [0.2, 0.25) is 0 Å². The Morgan fingerprint density at radius 1 is 1.46 bits per heavy atom. The molecule has 0 spiro atoms. The molecule has 0 radical (unpaired) electrons. The van der Waals surface area contributed by atoms with Gasteiger partial charge in [0.25, 0.3) is 0 Å². The minimum Gasteiger partial charge on any atom is -0.479 e. The Morgan fingerprint density at radius 2 is 2.08 bits per heavy atom.